The molecule has 1 heterocycles. The van der Waals surface area contributed by atoms with Crippen molar-refractivity contribution in [2.75, 3.05) is 4.90 Å². The second-order valence-corrected chi connectivity index (χ2v) is 9.70. The van der Waals surface area contributed by atoms with Crippen LogP contribution in [0.2, 0.25) is 0 Å². The third-order valence-corrected chi connectivity index (χ3v) is 6.20. The average Bonchev–Trinajstić information content (AvgIpc) is 3.04. The highest BCUT2D eigenvalue weighted by Gasteiger charge is 2.47. The van der Waals surface area contributed by atoms with E-state index in [-0.39, 0.29) is 16.7 Å². The number of carbonyl (C=O) groups is 2. The third-order valence-electron chi connectivity index (χ3n) is 6.20. The van der Waals surface area contributed by atoms with Crippen LogP contribution in [0.3, 0.4) is 0 Å². The summed E-state index contributed by atoms with van der Waals surface area (Å²) in [5.41, 5.74) is 4.85. The van der Waals surface area contributed by atoms with Crippen molar-refractivity contribution in [2.24, 2.45) is 0 Å². The molecular weight excluding hydrogens is 410 g/mol. The number of Topliss-reactive ketones (excluding diaryl/α,β-unsaturated/α-hetero) is 1. The molecule has 4 heteroatoms. The molecule has 3 aromatic rings. The van der Waals surface area contributed by atoms with Crippen molar-refractivity contribution in [3.8, 4) is 0 Å². The maximum absolute atomic E-state index is 13.4. The zero-order valence-electron chi connectivity index (χ0n) is 19.7. The maximum atomic E-state index is 13.4. The van der Waals surface area contributed by atoms with Crippen LogP contribution in [0.25, 0.3) is 5.76 Å². The maximum Gasteiger partial charge on any atom is 0.300 e. The molecule has 0 saturated carbocycles. The van der Waals surface area contributed by atoms with Gasteiger partial charge in [0.2, 0.25) is 0 Å². The molecule has 0 radical (unpaired) electrons. The Hall–Kier alpha value is -3.66. The molecule has 1 aliphatic heterocycles. The van der Waals surface area contributed by atoms with Crippen LogP contribution in [0.1, 0.15) is 54.6 Å². The number of rotatable bonds is 3. The van der Waals surface area contributed by atoms with Crippen molar-refractivity contribution in [1.82, 2.24) is 0 Å². The van der Waals surface area contributed by atoms with Gasteiger partial charge in [-0.05, 0) is 54.2 Å². The van der Waals surface area contributed by atoms with Gasteiger partial charge in [-0.15, -0.1) is 0 Å². The minimum atomic E-state index is -0.718. The molecule has 168 valence electrons. The first-order chi connectivity index (χ1) is 15.6. The zero-order valence-corrected chi connectivity index (χ0v) is 19.7. The fourth-order valence-corrected chi connectivity index (χ4v) is 4.33. The minimum absolute atomic E-state index is 0.114. The number of para-hydroxylation sites is 1. The number of ketones is 1. The van der Waals surface area contributed by atoms with Gasteiger partial charge in [-0.1, -0.05) is 80.9 Å². The second kappa shape index (κ2) is 8.36. The van der Waals surface area contributed by atoms with Crippen LogP contribution >= 0.6 is 0 Å². The van der Waals surface area contributed by atoms with E-state index < -0.39 is 17.7 Å². The molecule has 0 spiro atoms. The van der Waals surface area contributed by atoms with Crippen molar-refractivity contribution >= 4 is 23.1 Å². The van der Waals surface area contributed by atoms with Gasteiger partial charge in [-0.2, -0.15) is 0 Å². The smallest absolute Gasteiger partial charge is 0.300 e. The van der Waals surface area contributed by atoms with Crippen LogP contribution in [0.4, 0.5) is 5.69 Å². The first-order valence-corrected chi connectivity index (χ1v) is 11.1. The summed E-state index contributed by atoms with van der Waals surface area (Å²) in [4.78, 5) is 28.1. The van der Waals surface area contributed by atoms with Gasteiger partial charge >= 0.3 is 0 Å². The molecule has 3 aromatic carbocycles. The first kappa shape index (κ1) is 22.5. The van der Waals surface area contributed by atoms with Crippen molar-refractivity contribution in [1.29, 1.82) is 0 Å². The molecule has 1 N–H and O–H groups in total. The highest BCUT2D eigenvalue weighted by molar-refractivity contribution is 6.51. The topological polar surface area (TPSA) is 57.6 Å². The Morgan fingerprint density at radius 1 is 0.879 bits per heavy atom. The van der Waals surface area contributed by atoms with Crippen molar-refractivity contribution in [3.63, 3.8) is 0 Å². The predicted molar refractivity (Wildman–Crippen MR) is 132 cm³/mol. The van der Waals surface area contributed by atoms with E-state index in [1.54, 1.807) is 12.1 Å². The van der Waals surface area contributed by atoms with Crippen LogP contribution in [0, 0.1) is 13.8 Å². The number of aryl methyl sites for hydroxylation is 2. The Balaban J connectivity index is 1.99. The lowest BCUT2D eigenvalue weighted by molar-refractivity contribution is -0.132. The lowest BCUT2D eigenvalue weighted by Crippen LogP contribution is -2.29. The molecular formula is C29H29NO3. The minimum Gasteiger partial charge on any atom is -0.507 e. The second-order valence-electron chi connectivity index (χ2n) is 9.70. The first-order valence-electron chi connectivity index (χ1n) is 11.1. The molecule has 1 unspecified atom stereocenters. The van der Waals surface area contributed by atoms with Gasteiger partial charge < -0.3 is 5.11 Å². The van der Waals surface area contributed by atoms with Gasteiger partial charge in [-0.3, -0.25) is 14.5 Å². The highest BCUT2D eigenvalue weighted by atomic mass is 16.3. The Morgan fingerprint density at radius 2 is 1.58 bits per heavy atom. The number of anilines is 1. The molecule has 0 aromatic heterocycles. The van der Waals surface area contributed by atoms with Gasteiger partial charge in [-0.25, -0.2) is 0 Å². The fourth-order valence-electron chi connectivity index (χ4n) is 4.33. The van der Waals surface area contributed by atoms with Gasteiger partial charge in [0.1, 0.15) is 5.76 Å². The standard InChI is InChI=1S/C29H29NO3/c1-18-10-9-11-20(16-18)25-24(27(32)28(33)30(25)22-12-7-6-8-13-22)26(31)23-17-21(29(3,4)5)15-14-19(23)2/h6-17,25,31H,1-5H3/b26-24+. The van der Waals surface area contributed by atoms with E-state index >= 15 is 0 Å². The summed E-state index contributed by atoms with van der Waals surface area (Å²) in [7, 11) is 0. The summed E-state index contributed by atoms with van der Waals surface area (Å²) < 4.78 is 0. The largest absolute Gasteiger partial charge is 0.507 e. The molecule has 4 rings (SSSR count). The van der Waals surface area contributed by atoms with E-state index in [0.717, 1.165) is 22.3 Å². The van der Waals surface area contributed by atoms with Crippen LogP contribution in [0.15, 0.2) is 78.4 Å². The Bertz CT molecular complexity index is 1270. The van der Waals surface area contributed by atoms with E-state index in [0.29, 0.717) is 11.3 Å². The molecule has 33 heavy (non-hydrogen) atoms. The lowest BCUT2D eigenvalue weighted by atomic mass is 9.84. The number of nitrogens with zero attached hydrogens (tertiary/aromatic N) is 1. The molecule has 1 amide bonds. The molecule has 1 aliphatic rings. The number of hydrogen-bond acceptors (Lipinski definition) is 3. The van der Waals surface area contributed by atoms with E-state index in [1.807, 2.05) is 74.5 Å². The summed E-state index contributed by atoms with van der Waals surface area (Å²) >= 11 is 0. The zero-order chi connectivity index (χ0) is 23.9. The van der Waals surface area contributed by atoms with Crippen molar-refractivity contribution in [3.05, 3.63) is 106 Å². The van der Waals surface area contributed by atoms with Gasteiger partial charge in [0.15, 0.2) is 0 Å². The SMILES string of the molecule is Cc1cccc(C2/C(=C(\O)c3cc(C(C)(C)C)ccc3C)C(=O)C(=O)N2c2ccccc2)c1. The Morgan fingerprint density at radius 3 is 2.21 bits per heavy atom. The molecule has 1 fully saturated rings. The Labute approximate surface area is 195 Å². The van der Waals surface area contributed by atoms with Crippen molar-refractivity contribution in [2.45, 2.75) is 46.1 Å². The fraction of sp³-hybridized carbons (Fsp3) is 0.241. The Kier molecular flexibility index (Phi) is 5.71. The molecule has 0 aliphatic carbocycles. The van der Waals surface area contributed by atoms with Gasteiger partial charge in [0, 0.05) is 11.3 Å². The average molecular weight is 440 g/mol. The van der Waals surface area contributed by atoms with E-state index in [9.17, 15) is 14.7 Å². The number of aliphatic hydroxyl groups is 1. The van der Waals surface area contributed by atoms with E-state index in [1.165, 1.54) is 4.90 Å². The monoisotopic (exact) mass is 439 g/mol. The predicted octanol–water partition coefficient (Wildman–Crippen LogP) is 6.23. The summed E-state index contributed by atoms with van der Waals surface area (Å²) in [6, 6.07) is 22.1. The number of aliphatic hydroxyl groups excluding tert-OH is 1. The number of carbonyl (C=O) groups excluding carboxylic acids is 2. The van der Waals surface area contributed by atoms with Crippen LogP contribution in [-0.4, -0.2) is 16.8 Å². The highest BCUT2D eigenvalue weighted by Crippen LogP contribution is 2.43. The van der Waals surface area contributed by atoms with Crippen LogP contribution in [0.5, 0.6) is 0 Å². The third kappa shape index (κ3) is 4.09. The van der Waals surface area contributed by atoms with Gasteiger partial charge in [0.05, 0.1) is 11.6 Å². The number of benzene rings is 3. The quantitative estimate of drug-likeness (QED) is 0.299. The van der Waals surface area contributed by atoms with Crippen molar-refractivity contribution < 1.29 is 14.7 Å². The summed E-state index contributed by atoms with van der Waals surface area (Å²) in [6.07, 6.45) is 0. The van der Waals surface area contributed by atoms with E-state index in [4.69, 9.17) is 0 Å². The van der Waals surface area contributed by atoms with Gasteiger partial charge in [0.25, 0.3) is 11.7 Å². The van der Waals surface area contributed by atoms with Crippen LogP contribution in [-0.2, 0) is 15.0 Å². The summed E-state index contributed by atoms with van der Waals surface area (Å²) in [5.74, 6) is -1.45. The van der Waals surface area contributed by atoms with E-state index in [2.05, 4.69) is 20.8 Å². The molecule has 0 bridgehead atoms. The summed E-state index contributed by atoms with van der Waals surface area (Å²) in [6.45, 7) is 10.2. The molecule has 1 atom stereocenters. The lowest BCUT2D eigenvalue weighted by Gasteiger charge is -2.26. The molecule has 1 saturated heterocycles. The number of amides is 1. The van der Waals surface area contributed by atoms with Crippen LogP contribution < -0.4 is 4.90 Å². The normalized spacial score (nSPS) is 18.1. The molecule has 4 nitrogen and oxygen atoms in total. The summed E-state index contributed by atoms with van der Waals surface area (Å²) in [5, 5.41) is 11.5. The number of hydrogen-bond donors (Lipinski definition) is 1.